The normalized spacial score (nSPS) is 10.6. The zero-order valence-electron chi connectivity index (χ0n) is 13.2. The summed E-state index contributed by atoms with van der Waals surface area (Å²) in [5, 5.41) is 11.3. The van der Waals surface area contributed by atoms with Crippen LogP contribution >= 0.6 is 11.8 Å². The van der Waals surface area contributed by atoms with Crippen molar-refractivity contribution in [3.8, 4) is 0 Å². The fraction of sp³-hybridized carbons (Fsp3) is 0.125. The molecule has 0 saturated carbocycles. The van der Waals surface area contributed by atoms with Crippen LogP contribution in [0, 0.1) is 6.92 Å². The van der Waals surface area contributed by atoms with Crippen LogP contribution < -0.4 is 11.1 Å². The van der Waals surface area contributed by atoms with Gasteiger partial charge in [-0.05, 0) is 49.0 Å². The van der Waals surface area contributed by atoms with E-state index in [0.29, 0.717) is 17.1 Å². The second kappa shape index (κ2) is 6.71. The van der Waals surface area contributed by atoms with E-state index in [0.717, 1.165) is 15.7 Å². The molecule has 0 saturated heterocycles. The molecule has 3 N–H and O–H groups in total. The first-order valence-corrected chi connectivity index (χ1v) is 8.01. The molecule has 3 rings (SSSR count). The number of aromatic nitrogens is 4. The van der Waals surface area contributed by atoms with Crippen molar-refractivity contribution in [2.75, 3.05) is 11.1 Å². The summed E-state index contributed by atoms with van der Waals surface area (Å²) in [5.41, 5.74) is 7.58. The molecule has 0 aliphatic rings. The van der Waals surface area contributed by atoms with Gasteiger partial charge in [0.2, 0.25) is 0 Å². The molecular formula is C16H16N6OS. The first kappa shape index (κ1) is 16.0. The van der Waals surface area contributed by atoms with E-state index in [1.165, 1.54) is 11.8 Å². The number of hydrogen-bond donors (Lipinski definition) is 2. The summed E-state index contributed by atoms with van der Waals surface area (Å²) in [4.78, 5) is 17.6. The molecular weight excluding hydrogens is 324 g/mol. The number of anilines is 2. The number of rotatable bonds is 4. The van der Waals surface area contributed by atoms with Gasteiger partial charge in [-0.1, -0.05) is 6.07 Å². The molecule has 0 bridgehead atoms. The molecule has 0 aliphatic carbocycles. The molecule has 0 unspecified atom stereocenters. The van der Waals surface area contributed by atoms with Gasteiger partial charge in [-0.25, -0.2) is 4.98 Å². The third kappa shape index (κ3) is 3.54. The van der Waals surface area contributed by atoms with Crippen LogP contribution in [0.4, 0.5) is 11.5 Å². The number of nitrogen functional groups attached to an aromatic ring is 1. The van der Waals surface area contributed by atoms with E-state index in [-0.39, 0.29) is 5.91 Å². The average Bonchev–Trinajstić information content (AvgIpc) is 2.94. The third-order valence-electron chi connectivity index (χ3n) is 3.28. The highest BCUT2D eigenvalue weighted by Crippen LogP contribution is 2.28. The van der Waals surface area contributed by atoms with E-state index < -0.39 is 0 Å². The number of carbonyl (C=O) groups excluding carboxylic acids is 1. The molecule has 2 aromatic heterocycles. The molecule has 0 aliphatic heterocycles. The number of nitrogens with two attached hydrogens (primary N) is 1. The first-order valence-electron chi connectivity index (χ1n) is 7.19. The smallest absolute Gasteiger partial charge is 0.258 e. The SMILES string of the molecule is Cc1cccc(NC(=O)c2cc(Sc3nncn3C)ccc2N)n1. The zero-order valence-corrected chi connectivity index (χ0v) is 14.0. The Bertz CT molecular complexity index is 892. The van der Waals surface area contributed by atoms with Crippen LogP contribution in [-0.4, -0.2) is 25.7 Å². The standard InChI is InChI=1S/C16H16N6OS/c1-10-4-3-5-14(19-10)20-15(23)12-8-11(6-7-13(12)17)24-16-21-18-9-22(16)2/h3-9H,17H2,1-2H3,(H,19,20,23). The van der Waals surface area contributed by atoms with Gasteiger partial charge < -0.3 is 15.6 Å². The molecule has 7 nitrogen and oxygen atoms in total. The molecule has 0 atom stereocenters. The molecule has 2 heterocycles. The largest absolute Gasteiger partial charge is 0.398 e. The molecule has 24 heavy (non-hydrogen) atoms. The zero-order chi connectivity index (χ0) is 17.1. The minimum atomic E-state index is -0.300. The minimum Gasteiger partial charge on any atom is -0.398 e. The number of benzene rings is 1. The van der Waals surface area contributed by atoms with Crippen LogP contribution in [0.1, 0.15) is 16.1 Å². The van der Waals surface area contributed by atoms with Gasteiger partial charge in [-0.2, -0.15) is 0 Å². The Kier molecular flexibility index (Phi) is 4.48. The number of hydrogen-bond acceptors (Lipinski definition) is 6. The van der Waals surface area contributed by atoms with Crippen molar-refractivity contribution in [2.45, 2.75) is 17.0 Å². The Morgan fingerprint density at radius 1 is 1.29 bits per heavy atom. The summed E-state index contributed by atoms with van der Waals surface area (Å²) < 4.78 is 1.80. The summed E-state index contributed by atoms with van der Waals surface area (Å²) >= 11 is 1.41. The fourth-order valence-electron chi connectivity index (χ4n) is 2.06. The molecule has 0 fully saturated rings. The average molecular weight is 340 g/mol. The van der Waals surface area contributed by atoms with Crippen LogP contribution in [0.15, 0.2) is 52.8 Å². The van der Waals surface area contributed by atoms with Crippen LogP contribution in [0.25, 0.3) is 0 Å². The first-order chi connectivity index (χ1) is 11.5. The van der Waals surface area contributed by atoms with Crippen molar-refractivity contribution < 1.29 is 4.79 Å². The Balaban J connectivity index is 1.83. The van der Waals surface area contributed by atoms with Crippen molar-refractivity contribution in [1.29, 1.82) is 0 Å². The van der Waals surface area contributed by atoms with Crippen LogP contribution in [0.3, 0.4) is 0 Å². The van der Waals surface area contributed by atoms with Gasteiger partial charge in [-0.15, -0.1) is 10.2 Å². The van der Waals surface area contributed by atoms with Crippen molar-refractivity contribution in [3.63, 3.8) is 0 Å². The quantitative estimate of drug-likeness (QED) is 0.708. The van der Waals surface area contributed by atoms with Crippen LogP contribution in [0.2, 0.25) is 0 Å². The summed E-state index contributed by atoms with van der Waals surface area (Å²) in [6.45, 7) is 1.86. The highest BCUT2D eigenvalue weighted by Gasteiger charge is 2.13. The predicted molar refractivity (Wildman–Crippen MR) is 92.9 cm³/mol. The lowest BCUT2D eigenvalue weighted by molar-refractivity contribution is 0.102. The topological polar surface area (TPSA) is 98.7 Å². The van der Waals surface area contributed by atoms with Gasteiger partial charge in [0.1, 0.15) is 12.1 Å². The van der Waals surface area contributed by atoms with E-state index >= 15 is 0 Å². The summed E-state index contributed by atoms with van der Waals surface area (Å²) in [5.74, 6) is 0.191. The number of pyridine rings is 1. The number of aryl methyl sites for hydroxylation is 2. The van der Waals surface area contributed by atoms with Gasteiger partial charge in [-0.3, -0.25) is 4.79 Å². The Hall–Kier alpha value is -2.87. The minimum absolute atomic E-state index is 0.300. The van der Waals surface area contributed by atoms with Crippen LogP contribution in [-0.2, 0) is 7.05 Å². The van der Waals surface area contributed by atoms with Crippen molar-refractivity contribution in [1.82, 2.24) is 19.7 Å². The highest BCUT2D eigenvalue weighted by atomic mass is 32.2. The molecule has 8 heteroatoms. The maximum atomic E-state index is 12.5. The summed E-state index contributed by atoms with van der Waals surface area (Å²) in [7, 11) is 1.86. The molecule has 1 amide bonds. The molecule has 0 spiro atoms. The third-order valence-corrected chi connectivity index (χ3v) is 4.32. The molecule has 3 aromatic rings. The van der Waals surface area contributed by atoms with Gasteiger partial charge in [0, 0.05) is 23.3 Å². The number of carbonyl (C=O) groups is 1. The number of nitrogens with one attached hydrogen (secondary N) is 1. The maximum absolute atomic E-state index is 12.5. The van der Waals surface area contributed by atoms with E-state index in [1.807, 2.05) is 32.2 Å². The summed E-state index contributed by atoms with van der Waals surface area (Å²) in [6.07, 6.45) is 1.62. The van der Waals surface area contributed by atoms with E-state index in [9.17, 15) is 4.79 Å². The van der Waals surface area contributed by atoms with Gasteiger partial charge in [0.25, 0.3) is 5.91 Å². The van der Waals surface area contributed by atoms with E-state index in [4.69, 9.17) is 5.73 Å². The Morgan fingerprint density at radius 2 is 2.12 bits per heavy atom. The van der Waals surface area contributed by atoms with Crippen LogP contribution in [0.5, 0.6) is 0 Å². The van der Waals surface area contributed by atoms with Gasteiger partial charge in [0.05, 0.1) is 5.56 Å². The fourth-order valence-corrected chi connectivity index (χ4v) is 2.87. The number of amides is 1. The molecule has 122 valence electrons. The van der Waals surface area contributed by atoms with E-state index in [2.05, 4.69) is 20.5 Å². The highest BCUT2D eigenvalue weighted by molar-refractivity contribution is 7.99. The van der Waals surface area contributed by atoms with Crippen molar-refractivity contribution >= 4 is 29.2 Å². The Morgan fingerprint density at radius 3 is 2.83 bits per heavy atom. The monoisotopic (exact) mass is 340 g/mol. The van der Waals surface area contributed by atoms with Gasteiger partial charge >= 0.3 is 0 Å². The van der Waals surface area contributed by atoms with Gasteiger partial charge in [0.15, 0.2) is 5.16 Å². The Labute approximate surface area is 143 Å². The molecule has 0 radical (unpaired) electrons. The lowest BCUT2D eigenvalue weighted by Crippen LogP contribution is -2.15. The van der Waals surface area contributed by atoms with Crippen molar-refractivity contribution in [2.24, 2.45) is 7.05 Å². The van der Waals surface area contributed by atoms with E-state index in [1.54, 1.807) is 29.1 Å². The predicted octanol–water partition coefficient (Wildman–Crippen LogP) is 2.50. The van der Waals surface area contributed by atoms with Crippen molar-refractivity contribution in [3.05, 3.63) is 54.0 Å². The lowest BCUT2D eigenvalue weighted by atomic mass is 10.1. The second-order valence-electron chi connectivity index (χ2n) is 5.19. The molecule has 1 aromatic carbocycles. The lowest BCUT2D eigenvalue weighted by Gasteiger charge is -2.09. The number of nitrogens with zero attached hydrogens (tertiary/aromatic N) is 4. The maximum Gasteiger partial charge on any atom is 0.258 e. The summed E-state index contributed by atoms with van der Waals surface area (Å²) in [6, 6.07) is 10.7. The second-order valence-corrected chi connectivity index (χ2v) is 6.23.